The van der Waals surface area contributed by atoms with E-state index in [0.29, 0.717) is 30.0 Å². The highest BCUT2D eigenvalue weighted by atomic mass is 16.6. The summed E-state index contributed by atoms with van der Waals surface area (Å²) in [5.41, 5.74) is 2.55. The first-order valence-corrected chi connectivity index (χ1v) is 7.44. The van der Waals surface area contributed by atoms with Crippen LogP contribution in [-0.2, 0) is 4.74 Å². The summed E-state index contributed by atoms with van der Waals surface area (Å²) in [5.74, 6) is -0.159. The van der Waals surface area contributed by atoms with E-state index in [4.69, 9.17) is 10.00 Å². The van der Waals surface area contributed by atoms with Gasteiger partial charge < -0.3 is 4.74 Å². The Bertz CT molecular complexity index is 848. The fourth-order valence-electron chi connectivity index (χ4n) is 2.39. The Balaban J connectivity index is 1.76. The van der Waals surface area contributed by atoms with Crippen LogP contribution in [0.3, 0.4) is 0 Å². The van der Waals surface area contributed by atoms with Gasteiger partial charge in [-0.05, 0) is 35.9 Å². The molecule has 0 unspecified atom stereocenters. The van der Waals surface area contributed by atoms with Gasteiger partial charge in [-0.25, -0.2) is 4.79 Å². The molecule has 5 heteroatoms. The third-order valence-electron chi connectivity index (χ3n) is 3.67. The molecule has 0 atom stereocenters. The topological polar surface area (TPSA) is 70.4 Å². The maximum atomic E-state index is 12.3. The number of nitriles is 1. The zero-order valence-corrected chi connectivity index (χ0v) is 12.8. The van der Waals surface area contributed by atoms with Crippen LogP contribution in [-0.4, -0.2) is 25.0 Å². The summed E-state index contributed by atoms with van der Waals surface area (Å²) in [5, 5.41) is 8.77. The van der Waals surface area contributed by atoms with Crippen LogP contribution in [0.1, 0.15) is 21.5 Å². The second-order valence-corrected chi connectivity index (χ2v) is 5.25. The summed E-state index contributed by atoms with van der Waals surface area (Å²) in [4.78, 5) is 25.4. The van der Waals surface area contributed by atoms with Gasteiger partial charge in [-0.2, -0.15) is 5.26 Å². The molecule has 118 valence electrons. The van der Waals surface area contributed by atoms with Crippen LogP contribution >= 0.6 is 0 Å². The maximum Gasteiger partial charge on any atom is 0.414 e. The van der Waals surface area contributed by atoms with Gasteiger partial charge in [-0.3, -0.25) is 9.69 Å². The predicted molar refractivity (Wildman–Crippen MR) is 89.7 cm³/mol. The number of cyclic esters (lactones) is 1. The highest BCUT2D eigenvalue weighted by Gasteiger charge is 2.23. The van der Waals surface area contributed by atoms with E-state index in [0.717, 1.165) is 5.56 Å². The third kappa shape index (κ3) is 3.33. The van der Waals surface area contributed by atoms with Gasteiger partial charge in [0.15, 0.2) is 5.78 Å². The molecule has 1 amide bonds. The van der Waals surface area contributed by atoms with Crippen molar-refractivity contribution in [1.82, 2.24) is 0 Å². The second-order valence-electron chi connectivity index (χ2n) is 5.25. The Morgan fingerprint density at radius 1 is 1.21 bits per heavy atom. The van der Waals surface area contributed by atoms with Crippen molar-refractivity contribution in [3.8, 4) is 6.07 Å². The summed E-state index contributed by atoms with van der Waals surface area (Å²) >= 11 is 0. The Hall–Kier alpha value is -3.39. The number of allylic oxidation sites excluding steroid dienone is 1. The van der Waals surface area contributed by atoms with Crippen LogP contribution in [0, 0.1) is 11.3 Å². The van der Waals surface area contributed by atoms with Crippen LogP contribution < -0.4 is 4.90 Å². The normalized spacial score (nSPS) is 13.8. The predicted octanol–water partition coefficient (Wildman–Crippen LogP) is 3.41. The van der Waals surface area contributed by atoms with Crippen LogP contribution in [0.25, 0.3) is 6.08 Å². The number of nitrogens with zero attached hydrogens (tertiary/aromatic N) is 2. The Labute approximate surface area is 139 Å². The highest BCUT2D eigenvalue weighted by Crippen LogP contribution is 2.20. The lowest BCUT2D eigenvalue weighted by atomic mass is 10.1. The molecule has 1 fully saturated rings. The molecule has 1 heterocycles. The van der Waals surface area contributed by atoms with Crippen molar-refractivity contribution in [3.63, 3.8) is 0 Å². The smallest absolute Gasteiger partial charge is 0.414 e. The number of carbonyl (C=O) groups excluding carboxylic acids is 2. The summed E-state index contributed by atoms with van der Waals surface area (Å²) in [6.07, 6.45) is 2.77. The molecule has 0 aliphatic carbocycles. The molecule has 1 aliphatic heterocycles. The van der Waals surface area contributed by atoms with E-state index in [1.807, 2.05) is 6.07 Å². The fourth-order valence-corrected chi connectivity index (χ4v) is 2.39. The molecule has 5 nitrogen and oxygen atoms in total. The van der Waals surface area contributed by atoms with Gasteiger partial charge in [0.05, 0.1) is 18.2 Å². The van der Waals surface area contributed by atoms with Crippen molar-refractivity contribution >= 4 is 23.6 Å². The van der Waals surface area contributed by atoms with Crippen molar-refractivity contribution < 1.29 is 14.3 Å². The molecule has 0 N–H and O–H groups in total. The minimum atomic E-state index is -0.396. The van der Waals surface area contributed by atoms with Gasteiger partial charge in [0.25, 0.3) is 0 Å². The molecule has 2 aromatic carbocycles. The number of rotatable bonds is 4. The molecule has 2 aromatic rings. The summed E-state index contributed by atoms with van der Waals surface area (Å²) in [6, 6.07) is 15.9. The first-order chi connectivity index (χ1) is 11.7. The van der Waals surface area contributed by atoms with E-state index in [1.165, 1.54) is 11.0 Å². The van der Waals surface area contributed by atoms with Gasteiger partial charge in [0.2, 0.25) is 0 Å². The van der Waals surface area contributed by atoms with Crippen LogP contribution in [0.5, 0.6) is 0 Å². The number of amides is 1. The molecule has 1 aliphatic rings. The monoisotopic (exact) mass is 318 g/mol. The van der Waals surface area contributed by atoms with E-state index < -0.39 is 6.09 Å². The number of carbonyl (C=O) groups is 2. The molecule has 0 spiro atoms. The molecule has 0 aromatic heterocycles. The Kier molecular flexibility index (Phi) is 4.39. The van der Waals surface area contributed by atoms with Crippen molar-refractivity contribution in [2.75, 3.05) is 18.1 Å². The van der Waals surface area contributed by atoms with E-state index in [2.05, 4.69) is 0 Å². The molecule has 0 radical (unpaired) electrons. The average molecular weight is 318 g/mol. The summed E-state index contributed by atoms with van der Waals surface area (Å²) < 4.78 is 4.91. The number of benzene rings is 2. The van der Waals surface area contributed by atoms with Crippen molar-refractivity contribution in [3.05, 3.63) is 71.3 Å². The minimum absolute atomic E-state index is 0.159. The molecule has 24 heavy (non-hydrogen) atoms. The lowest BCUT2D eigenvalue weighted by Gasteiger charge is -2.13. The average Bonchev–Trinajstić information content (AvgIpc) is 3.06. The van der Waals surface area contributed by atoms with E-state index in [1.54, 1.807) is 54.6 Å². The van der Waals surface area contributed by atoms with Gasteiger partial charge in [0, 0.05) is 11.3 Å². The molecule has 1 saturated heterocycles. The lowest BCUT2D eigenvalue weighted by molar-refractivity contribution is 0.104. The molecule has 0 saturated carbocycles. The van der Waals surface area contributed by atoms with E-state index in [-0.39, 0.29) is 5.78 Å². The van der Waals surface area contributed by atoms with Crippen LogP contribution in [0.4, 0.5) is 10.5 Å². The number of ether oxygens (including phenoxy) is 1. The number of ketones is 1. The van der Waals surface area contributed by atoms with E-state index >= 15 is 0 Å². The largest absolute Gasteiger partial charge is 0.447 e. The number of hydrogen-bond acceptors (Lipinski definition) is 4. The van der Waals surface area contributed by atoms with Gasteiger partial charge >= 0.3 is 6.09 Å². The van der Waals surface area contributed by atoms with E-state index in [9.17, 15) is 9.59 Å². The standard InChI is InChI=1S/C19H14N2O3/c20-13-15-6-4-14(5-7-15)8-9-18(22)16-2-1-3-17(12-16)21-10-11-24-19(21)23/h1-9,12H,10-11H2/b9-8+. The van der Waals surface area contributed by atoms with Crippen LogP contribution in [0.2, 0.25) is 0 Å². The number of hydrogen-bond donors (Lipinski definition) is 0. The van der Waals surface area contributed by atoms with Crippen molar-refractivity contribution in [2.45, 2.75) is 0 Å². The lowest BCUT2D eigenvalue weighted by Crippen LogP contribution is -2.23. The molecule has 3 rings (SSSR count). The zero-order chi connectivity index (χ0) is 16.9. The molecule has 0 bridgehead atoms. The summed E-state index contributed by atoms with van der Waals surface area (Å²) in [7, 11) is 0. The minimum Gasteiger partial charge on any atom is -0.447 e. The van der Waals surface area contributed by atoms with Gasteiger partial charge in [-0.1, -0.05) is 30.3 Å². The number of anilines is 1. The van der Waals surface area contributed by atoms with Crippen LogP contribution in [0.15, 0.2) is 54.6 Å². The fraction of sp³-hybridized carbons (Fsp3) is 0.105. The first kappa shape index (κ1) is 15.5. The maximum absolute atomic E-state index is 12.3. The SMILES string of the molecule is N#Cc1ccc(/C=C/C(=O)c2cccc(N3CCOC3=O)c2)cc1. The summed E-state index contributed by atoms with van der Waals surface area (Å²) in [6.45, 7) is 0.840. The highest BCUT2D eigenvalue weighted by molar-refractivity contribution is 6.07. The van der Waals surface area contributed by atoms with Crippen molar-refractivity contribution in [2.24, 2.45) is 0 Å². The third-order valence-corrected chi connectivity index (χ3v) is 3.67. The quantitative estimate of drug-likeness (QED) is 0.640. The van der Waals surface area contributed by atoms with Crippen molar-refractivity contribution in [1.29, 1.82) is 5.26 Å². The van der Waals surface area contributed by atoms with Gasteiger partial charge in [0.1, 0.15) is 6.61 Å². The van der Waals surface area contributed by atoms with Gasteiger partial charge in [-0.15, -0.1) is 0 Å². The first-order valence-electron chi connectivity index (χ1n) is 7.44. The Morgan fingerprint density at radius 2 is 2.00 bits per heavy atom. The Morgan fingerprint density at radius 3 is 2.67 bits per heavy atom. The molecular weight excluding hydrogens is 304 g/mol. The second kappa shape index (κ2) is 6.80. The molecular formula is C19H14N2O3. The zero-order valence-electron chi connectivity index (χ0n) is 12.8.